The van der Waals surface area contributed by atoms with Crippen LogP contribution in [0.2, 0.25) is 0 Å². The predicted molar refractivity (Wildman–Crippen MR) is 118 cm³/mol. The van der Waals surface area contributed by atoms with E-state index in [-0.39, 0.29) is 0 Å². The number of aromatic nitrogens is 3. The average molecular weight is 427 g/mol. The molecule has 0 bridgehead atoms. The summed E-state index contributed by atoms with van der Waals surface area (Å²) in [5.41, 5.74) is 4.19. The highest BCUT2D eigenvalue weighted by Gasteiger charge is 2.13. The van der Waals surface area contributed by atoms with Gasteiger partial charge in [-0.25, -0.2) is 4.98 Å². The van der Waals surface area contributed by atoms with Gasteiger partial charge in [-0.05, 0) is 53.6 Å². The highest BCUT2D eigenvalue weighted by atomic mass is 32.1. The highest BCUT2D eigenvalue weighted by Crippen LogP contribution is 2.32. The molecule has 1 N–H and O–H groups in total. The first-order chi connectivity index (χ1) is 14.2. The lowest BCUT2D eigenvalue weighted by Crippen LogP contribution is -2.02. The number of anilines is 1. The Bertz CT molecular complexity index is 1090. The smallest absolute Gasteiger partial charge is 0.183 e. The van der Waals surface area contributed by atoms with Gasteiger partial charge in [0.2, 0.25) is 0 Å². The summed E-state index contributed by atoms with van der Waals surface area (Å²) in [5, 5.41) is 13.2. The van der Waals surface area contributed by atoms with Gasteiger partial charge in [-0.3, -0.25) is 4.68 Å². The number of thiazole rings is 1. The molecular weight excluding hydrogens is 404 g/mol. The normalized spacial score (nSPS) is 10.9. The van der Waals surface area contributed by atoms with Crippen LogP contribution in [0.5, 0.6) is 11.5 Å². The van der Waals surface area contributed by atoms with E-state index in [2.05, 4.69) is 27.1 Å². The molecule has 0 fully saturated rings. The van der Waals surface area contributed by atoms with Gasteiger partial charge in [0.1, 0.15) is 17.2 Å². The third-order valence-corrected chi connectivity index (χ3v) is 6.38. The Hall–Kier alpha value is -2.84. The second-order valence-electron chi connectivity index (χ2n) is 6.50. The van der Waals surface area contributed by atoms with E-state index in [9.17, 15) is 0 Å². The quantitative estimate of drug-likeness (QED) is 0.427. The van der Waals surface area contributed by atoms with Crippen molar-refractivity contribution in [3.8, 4) is 22.1 Å². The fourth-order valence-electron chi connectivity index (χ4n) is 3.04. The van der Waals surface area contributed by atoms with Gasteiger partial charge in [-0.2, -0.15) is 16.4 Å². The predicted octanol–water partition coefficient (Wildman–Crippen LogP) is 5.05. The Morgan fingerprint density at radius 2 is 2.03 bits per heavy atom. The summed E-state index contributed by atoms with van der Waals surface area (Å²) in [5.74, 6) is 1.62. The van der Waals surface area contributed by atoms with Gasteiger partial charge in [-0.15, -0.1) is 0 Å². The van der Waals surface area contributed by atoms with Crippen LogP contribution in [0.4, 0.5) is 5.13 Å². The first-order valence-corrected chi connectivity index (χ1v) is 10.9. The maximum Gasteiger partial charge on any atom is 0.183 e. The van der Waals surface area contributed by atoms with E-state index in [1.165, 1.54) is 5.56 Å². The molecule has 0 saturated heterocycles. The van der Waals surface area contributed by atoms with Gasteiger partial charge < -0.3 is 14.8 Å². The molecule has 0 atom stereocenters. The molecule has 0 aliphatic rings. The van der Waals surface area contributed by atoms with Gasteiger partial charge in [0, 0.05) is 18.3 Å². The second kappa shape index (κ2) is 8.67. The van der Waals surface area contributed by atoms with Crippen LogP contribution in [0.1, 0.15) is 16.8 Å². The Labute approximate surface area is 177 Å². The summed E-state index contributed by atoms with van der Waals surface area (Å²) in [6, 6.07) is 9.94. The number of benzene rings is 1. The van der Waals surface area contributed by atoms with Crippen molar-refractivity contribution >= 4 is 27.8 Å². The molecule has 29 heavy (non-hydrogen) atoms. The maximum atomic E-state index is 5.45. The zero-order chi connectivity index (χ0) is 20.2. The minimum absolute atomic E-state index is 0.597. The summed E-state index contributed by atoms with van der Waals surface area (Å²) < 4.78 is 12.7. The van der Waals surface area contributed by atoms with E-state index >= 15 is 0 Å². The highest BCUT2D eigenvalue weighted by molar-refractivity contribution is 7.19. The van der Waals surface area contributed by atoms with Crippen LogP contribution >= 0.6 is 22.7 Å². The van der Waals surface area contributed by atoms with E-state index < -0.39 is 0 Å². The zero-order valence-corrected chi connectivity index (χ0v) is 18.1. The third kappa shape index (κ3) is 4.44. The molecule has 4 aromatic rings. The number of nitrogens with one attached hydrogen (secondary N) is 1. The van der Waals surface area contributed by atoms with E-state index in [1.54, 1.807) is 36.9 Å². The van der Waals surface area contributed by atoms with Crippen molar-refractivity contribution in [2.24, 2.45) is 0 Å². The van der Waals surface area contributed by atoms with Gasteiger partial charge >= 0.3 is 0 Å². The molecule has 0 aliphatic carbocycles. The first-order valence-electron chi connectivity index (χ1n) is 9.13. The fourth-order valence-corrected chi connectivity index (χ4v) is 4.63. The molecule has 0 saturated carbocycles. The van der Waals surface area contributed by atoms with Crippen molar-refractivity contribution in [2.75, 3.05) is 19.5 Å². The summed E-state index contributed by atoms with van der Waals surface area (Å²) in [6.45, 7) is 3.39. The van der Waals surface area contributed by atoms with Crippen molar-refractivity contribution in [1.82, 2.24) is 14.8 Å². The molecule has 0 aliphatic heterocycles. The van der Waals surface area contributed by atoms with Crippen LogP contribution in [-0.2, 0) is 13.1 Å². The Morgan fingerprint density at radius 3 is 2.79 bits per heavy atom. The third-order valence-electron chi connectivity index (χ3n) is 4.51. The van der Waals surface area contributed by atoms with Crippen molar-refractivity contribution in [2.45, 2.75) is 20.0 Å². The number of hydrogen-bond donors (Lipinski definition) is 1. The Morgan fingerprint density at radius 1 is 1.14 bits per heavy atom. The van der Waals surface area contributed by atoms with Gasteiger partial charge in [-0.1, -0.05) is 11.3 Å². The largest absolute Gasteiger partial charge is 0.497 e. The first kappa shape index (κ1) is 19.5. The molecule has 0 unspecified atom stereocenters. The van der Waals surface area contributed by atoms with Crippen LogP contribution < -0.4 is 14.8 Å². The van der Waals surface area contributed by atoms with Crippen LogP contribution in [0, 0.1) is 6.92 Å². The number of methoxy groups -OCH3 is 2. The standard InChI is InChI=1S/C21H22N4O2S2/c1-14-20(18-6-8-25(24-18)12-15-7-9-28-13-15)29-21(23-14)22-11-16-10-17(26-2)4-5-19(16)27-3/h4-10,13H,11-12H2,1-3H3,(H,22,23). The zero-order valence-electron chi connectivity index (χ0n) is 16.5. The van der Waals surface area contributed by atoms with Crippen LogP contribution in [0.3, 0.4) is 0 Å². The van der Waals surface area contributed by atoms with Crippen LogP contribution in [0.25, 0.3) is 10.6 Å². The van der Waals surface area contributed by atoms with Crippen molar-refractivity contribution in [1.29, 1.82) is 0 Å². The van der Waals surface area contributed by atoms with E-state index in [0.717, 1.165) is 45.0 Å². The molecule has 0 spiro atoms. The lowest BCUT2D eigenvalue weighted by molar-refractivity contribution is 0.399. The van der Waals surface area contributed by atoms with Gasteiger partial charge in [0.15, 0.2) is 5.13 Å². The molecule has 3 heterocycles. The van der Waals surface area contributed by atoms with E-state index in [1.807, 2.05) is 42.1 Å². The number of aryl methyl sites for hydroxylation is 1. The Kier molecular flexibility index (Phi) is 5.82. The lowest BCUT2D eigenvalue weighted by Gasteiger charge is -2.10. The SMILES string of the molecule is COc1ccc(OC)c(CNc2nc(C)c(-c3ccn(Cc4ccsc4)n3)s2)c1. The van der Waals surface area contributed by atoms with Gasteiger partial charge in [0.05, 0.1) is 31.3 Å². The molecule has 3 aromatic heterocycles. The number of nitrogens with zero attached hydrogens (tertiary/aromatic N) is 3. The van der Waals surface area contributed by atoms with E-state index in [0.29, 0.717) is 6.54 Å². The lowest BCUT2D eigenvalue weighted by atomic mass is 10.2. The molecule has 1 aromatic carbocycles. The summed E-state index contributed by atoms with van der Waals surface area (Å²) >= 11 is 3.31. The fraction of sp³-hybridized carbons (Fsp3) is 0.238. The average Bonchev–Trinajstić information content (AvgIpc) is 3.48. The maximum absolute atomic E-state index is 5.45. The summed E-state index contributed by atoms with van der Waals surface area (Å²) in [4.78, 5) is 5.75. The molecule has 6 nitrogen and oxygen atoms in total. The van der Waals surface area contributed by atoms with Crippen molar-refractivity contribution in [3.05, 3.63) is 64.1 Å². The number of rotatable bonds is 8. The molecule has 0 radical (unpaired) electrons. The molecule has 8 heteroatoms. The monoisotopic (exact) mass is 426 g/mol. The molecule has 4 rings (SSSR count). The van der Waals surface area contributed by atoms with Gasteiger partial charge in [0.25, 0.3) is 0 Å². The summed E-state index contributed by atoms with van der Waals surface area (Å²) in [6.07, 6.45) is 2.01. The molecule has 150 valence electrons. The minimum atomic E-state index is 0.597. The topological polar surface area (TPSA) is 61.2 Å². The van der Waals surface area contributed by atoms with Crippen molar-refractivity contribution in [3.63, 3.8) is 0 Å². The van der Waals surface area contributed by atoms with Crippen LogP contribution in [0.15, 0.2) is 47.3 Å². The summed E-state index contributed by atoms with van der Waals surface area (Å²) in [7, 11) is 3.33. The Balaban J connectivity index is 1.48. The van der Waals surface area contributed by atoms with Crippen LogP contribution in [-0.4, -0.2) is 29.0 Å². The number of ether oxygens (including phenoxy) is 2. The number of thiophene rings is 1. The second-order valence-corrected chi connectivity index (χ2v) is 8.27. The number of hydrogen-bond acceptors (Lipinski definition) is 7. The molecular formula is C21H22N4O2S2. The van der Waals surface area contributed by atoms with E-state index in [4.69, 9.17) is 14.6 Å². The van der Waals surface area contributed by atoms with Crippen molar-refractivity contribution < 1.29 is 9.47 Å². The minimum Gasteiger partial charge on any atom is -0.497 e. The molecule has 0 amide bonds.